The number of aldehydes is 1. The summed E-state index contributed by atoms with van der Waals surface area (Å²) in [6.07, 6.45) is 28.0. The quantitative estimate of drug-likeness (QED) is 0.0522. The van der Waals surface area contributed by atoms with Gasteiger partial charge in [-0.25, -0.2) is 0 Å². The van der Waals surface area contributed by atoms with E-state index in [1.54, 1.807) is 0 Å². The van der Waals surface area contributed by atoms with Crippen LogP contribution in [0.25, 0.3) is 22.3 Å². The minimum atomic E-state index is 0.426. The maximum atomic E-state index is 13.1. The van der Waals surface area contributed by atoms with Gasteiger partial charge < -0.3 is 28.4 Å². The first kappa shape index (κ1) is 64.4. The number of carbonyl (C=O) groups is 1. The maximum absolute atomic E-state index is 13.1. The van der Waals surface area contributed by atoms with Crippen molar-refractivity contribution in [1.29, 1.82) is 0 Å². The summed E-state index contributed by atoms with van der Waals surface area (Å²) in [6, 6.07) is 14.7. The second-order valence-electron chi connectivity index (χ2n) is 21.9. The summed E-state index contributed by atoms with van der Waals surface area (Å²) >= 11 is 0. The molecular weight excluding hydrogens is 917 g/mol. The third-order valence-electron chi connectivity index (χ3n) is 15.9. The first-order valence-electron chi connectivity index (χ1n) is 30.9. The molecule has 74 heavy (non-hydrogen) atoms. The Morgan fingerprint density at radius 1 is 0.311 bits per heavy atom. The minimum absolute atomic E-state index is 0.426. The summed E-state index contributed by atoms with van der Waals surface area (Å²) < 4.78 is 41.7. The smallest absolute Gasteiger partial charge is 0.203 e. The van der Waals surface area contributed by atoms with Gasteiger partial charge in [0.05, 0.1) is 39.6 Å². The second kappa shape index (κ2) is 38.6. The molecule has 6 unspecified atom stereocenters. The van der Waals surface area contributed by atoms with Gasteiger partial charge in [0.25, 0.3) is 0 Å². The van der Waals surface area contributed by atoms with Gasteiger partial charge in [0.2, 0.25) is 11.5 Å². The zero-order valence-corrected chi connectivity index (χ0v) is 49.7. The number of rotatable bonds is 45. The van der Waals surface area contributed by atoms with E-state index in [-0.39, 0.29) is 0 Å². The van der Waals surface area contributed by atoms with Crippen LogP contribution in [0.5, 0.6) is 34.5 Å². The molecule has 0 aliphatic rings. The van der Waals surface area contributed by atoms with Crippen LogP contribution in [0, 0.1) is 35.5 Å². The second-order valence-corrected chi connectivity index (χ2v) is 21.9. The van der Waals surface area contributed by atoms with Gasteiger partial charge in [-0.15, -0.1) is 0 Å². The van der Waals surface area contributed by atoms with Crippen LogP contribution in [-0.2, 0) is 0 Å². The molecule has 3 aromatic carbocycles. The number of hydrogen-bond donors (Lipinski definition) is 0. The van der Waals surface area contributed by atoms with E-state index in [2.05, 4.69) is 113 Å². The van der Waals surface area contributed by atoms with Crippen LogP contribution in [0.2, 0.25) is 0 Å². The molecule has 420 valence electrons. The van der Waals surface area contributed by atoms with Crippen LogP contribution >= 0.6 is 0 Å². The topological polar surface area (TPSA) is 72.5 Å². The van der Waals surface area contributed by atoms with Crippen molar-refractivity contribution in [2.45, 2.75) is 237 Å². The molecule has 0 aliphatic carbocycles. The average molecular weight is 1030 g/mol. The Balaban J connectivity index is 2.38. The average Bonchev–Trinajstić information content (AvgIpc) is 3.43. The van der Waals surface area contributed by atoms with Crippen molar-refractivity contribution < 1.29 is 33.2 Å². The van der Waals surface area contributed by atoms with Crippen molar-refractivity contribution in [3.05, 3.63) is 48.0 Å². The largest absolute Gasteiger partial charge is 0.489 e. The Bertz CT molecular complexity index is 1710. The van der Waals surface area contributed by atoms with E-state index in [0.717, 1.165) is 144 Å². The summed E-state index contributed by atoms with van der Waals surface area (Å²) in [7, 11) is 0. The minimum Gasteiger partial charge on any atom is -0.489 e. The van der Waals surface area contributed by atoms with E-state index in [0.29, 0.717) is 115 Å². The summed E-state index contributed by atoms with van der Waals surface area (Å²) in [5, 5.41) is 0. The predicted octanol–water partition coefficient (Wildman–Crippen LogP) is 20.4. The lowest BCUT2D eigenvalue weighted by atomic mass is 9.95. The Morgan fingerprint density at radius 2 is 0.527 bits per heavy atom. The lowest BCUT2D eigenvalue weighted by molar-refractivity contribution is 0.112. The summed E-state index contributed by atoms with van der Waals surface area (Å²) in [5.41, 5.74) is 4.23. The summed E-state index contributed by atoms with van der Waals surface area (Å²) in [4.78, 5) is 13.1. The van der Waals surface area contributed by atoms with Crippen molar-refractivity contribution in [1.82, 2.24) is 0 Å². The molecule has 0 spiro atoms. The van der Waals surface area contributed by atoms with Crippen LogP contribution in [0.1, 0.15) is 248 Å². The molecule has 3 rings (SSSR count). The van der Waals surface area contributed by atoms with Crippen molar-refractivity contribution in [2.24, 2.45) is 35.5 Å². The Labute approximate surface area is 454 Å². The zero-order valence-electron chi connectivity index (χ0n) is 49.7. The van der Waals surface area contributed by atoms with Crippen molar-refractivity contribution in [3.8, 4) is 56.8 Å². The number of unbranched alkanes of at least 4 members (excludes halogenated alkanes) is 6. The molecule has 3 aromatic rings. The molecule has 7 nitrogen and oxygen atoms in total. The van der Waals surface area contributed by atoms with Crippen molar-refractivity contribution in [2.75, 3.05) is 39.6 Å². The lowest BCUT2D eigenvalue weighted by Crippen LogP contribution is -2.16. The predicted molar refractivity (Wildman–Crippen MR) is 316 cm³/mol. The fraction of sp³-hybridized carbons (Fsp3) is 0.716. The number of ether oxygens (including phenoxy) is 6. The Kier molecular flexibility index (Phi) is 33.6. The molecule has 0 amide bonds. The summed E-state index contributed by atoms with van der Waals surface area (Å²) in [6.45, 7) is 30.8. The molecule has 0 saturated carbocycles. The van der Waals surface area contributed by atoms with Gasteiger partial charge in [0.1, 0.15) is 6.29 Å². The molecule has 0 heterocycles. The van der Waals surface area contributed by atoms with E-state index >= 15 is 0 Å². The van der Waals surface area contributed by atoms with Gasteiger partial charge in [-0.1, -0.05) is 199 Å². The van der Waals surface area contributed by atoms with E-state index in [9.17, 15) is 4.79 Å². The molecular formula is C67H110O7. The summed E-state index contributed by atoms with van der Waals surface area (Å²) in [5.74, 6) is 6.78. The third kappa shape index (κ3) is 22.8. The van der Waals surface area contributed by atoms with E-state index in [1.807, 2.05) is 12.1 Å². The first-order valence-corrected chi connectivity index (χ1v) is 30.9. The lowest BCUT2D eigenvalue weighted by Gasteiger charge is -2.24. The highest BCUT2D eigenvalue weighted by atomic mass is 16.5. The zero-order chi connectivity index (χ0) is 53.9. The fourth-order valence-corrected chi connectivity index (χ4v) is 9.87. The molecule has 0 bridgehead atoms. The van der Waals surface area contributed by atoms with Gasteiger partial charge in [0, 0.05) is 5.56 Å². The molecule has 0 radical (unpaired) electrons. The number of carbonyl (C=O) groups excluding carboxylic acids is 1. The van der Waals surface area contributed by atoms with Gasteiger partial charge >= 0.3 is 0 Å². The Hall–Kier alpha value is -3.87. The SMILES string of the molecule is CCCCC(CC)COc1cc(-c2cc(C=O)cc(-c3cc(OCC(CC)CCCC)c(OCC(CC)CCCC)c(OCC(CC)CCCC)c3)c2)cc(OCC(CC)CCCC)c1OCC(CC)CCCC. The fourth-order valence-electron chi connectivity index (χ4n) is 9.87. The van der Waals surface area contributed by atoms with Gasteiger partial charge in [-0.2, -0.15) is 0 Å². The van der Waals surface area contributed by atoms with Crippen LogP contribution < -0.4 is 28.4 Å². The van der Waals surface area contributed by atoms with Crippen molar-refractivity contribution in [3.63, 3.8) is 0 Å². The number of hydrogen-bond acceptors (Lipinski definition) is 7. The highest BCUT2D eigenvalue weighted by molar-refractivity contribution is 5.86. The molecule has 0 saturated heterocycles. The van der Waals surface area contributed by atoms with Gasteiger partial charge in [-0.3, -0.25) is 4.79 Å². The molecule has 6 atom stereocenters. The van der Waals surface area contributed by atoms with Crippen LogP contribution in [0.3, 0.4) is 0 Å². The van der Waals surface area contributed by atoms with E-state index in [4.69, 9.17) is 28.4 Å². The van der Waals surface area contributed by atoms with E-state index in [1.165, 1.54) is 38.5 Å². The monoisotopic (exact) mass is 1030 g/mol. The van der Waals surface area contributed by atoms with Crippen molar-refractivity contribution >= 4 is 6.29 Å². The molecule has 0 aromatic heterocycles. The molecule has 0 N–H and O–H groups in total. The molecule has 7 heteroatoms. The highest BCUT2D eigenvalue weighted by Gasteiger charge is 2.24. The molecule has 0 fully saturated rings. The van der Waals surface area contributed by atoms with Gasteiger partial charge in [-0.05, 0) is 139 Å². The van der Waals surface area contributed by atoms with Crippen LogP contribution in [0.4, 0.5) is 0 Å². The van der Waals surface area contributed by atoms with Crippen LogP contribution in [-0.4, -0.2) is 45.9 Å². The van der Waals surface area contributed by atoms with Crippen LogP contribution in [0.15, 0.2) is 42.5 Å². The third-order valence-corrected chi connectivity index (χ3v) is 15.9. The maximum Gasteiger partial charge on any atom is 0.203 e. The number of benzene rings is 3. The van der Waals surface area contributed by atoms with Gasteiger partial charge in [0.15, 0.2) is 23.0 Å². The standard InChI is InChI=1S/C67H110O7/c1-13-25-31-51(19-7)45-69-62-40-60(41-63(70-46-52(20-8)32-26-14-2)66(62)73-49-55(23-11)35-29-17-5)58-37-57(44-68)38-59(39-58)61-42-64(71-47-53(21-9)33-27-15-3)67(74-50-56(24-12)36-30-18-6)65(43-61)72-48-54(22-10)34-28-16-4/h37-44,51-56H,13-36,45-50H2,1-12H3. The normalized spacial score (nSPS) is 13.9. The first-order chi connectivity index (χ1) is 36.1. The molecule has 0 aliphatic heterocycles. The Morgan fingerprint density at radius 3 is 0.730 bits per heavy atom. The highest BCUT2D eigenvalue weighted by Crippen LogP contribution is 2.46. The van der Waals surface area contributed by atoms with E-state index < -0.39 is 0 Å².